The highest BCUT2D eigenvalue weighted by Gasteiger charge is 2.27. The van der Waals surface area contributed by atoms with E-state index in [0.29, 0.717) is 226 Å². The second kappa shape index (κ2) is 17.9. The number of aromatic nitrogens is 28. The van der Waals surface area contributed by atoms with E-state index >= 15 is 0 Å². The molecule has 28 heteroatoms. The summed E-state index contributed by atoms with van der Waals surface area (Å²) >= 11 is 0. The molecule has 0 unspecified atom stereocenters. The number of hydrogen-bond donors (Lipinski definition) is 6. The lowest BCUT2D eigenvalue weighted by molar-refractivity contribution is 1.12. The van der Waals surface area contributed by atoms with E-state index in [1.54, 1.807) is 24.3 Å². The van der Waals surface area contributed by atoms with Crippen molar-refractivity contribution in [2.24, 2.45) is 0 Å². The number of hydrogen-bond acceptors (Lipinski definition) is 22. The highest BCUT2D eigenvalue weighted by molar-refractivity contribution is 6.09. The third-order valence-corrected chi connectivity index (χ3v) is 16.0. The third kappa shape index (κ3) is 7.83. The van der Waals surface area contributed by atoms with Crippen molar-refractivity contribution in [3.63, 3.8) is 0 Å². The molecule has 0 saturated heterocycles. The molecular weight excluding hydrogens is 1160 g/mol. The Morgan fingerprint density at radius 3 is 0.685 bits per heavy atom. The molecule has 0 amide bonds. The van der Waals surface area contributed by atoms with Crippen molar-refractivity contribution in [1.29, 1.82) is 0 Å². The lowest BCUT2D eigenvalue weighted by Crippen LogP contribution is -1.94. The van der Waals surface area contributed by atoms with Crippen LogP contribution in [0.3, 0.4) is 0 Å². The molecule has 426 valence electrons. The Morgan fingerprint density at radius 2 is 0.424 bits per heavy atom. The predicted octanol–water partition coefficient (Wildman–Crippen LogP) is 10.2. The number of H-pyrrole nitrogens is 6. The van der Waals surface area contributed by atoms with Gasteiger partial charge in [0.1, 0.15) is 90.0 Å². The predicted molar refractivity (Wildman–Crippen MR) is 344 cm³/mol. The van der Waals surface area contributed by atoms with Gasteiger partial charge in [0, 0.05) is 0 Å². The molecule has 0 aliphatic carbocycles. The van der Waals surface area contributed by atoms with Gasteiger partial charge in [0.05, 0.1) is 89.0 Å². The molecular formula is C64H30N28. The van der Waals surface area contributed by atoms with E-state index in [0.717, 1.165) is 0 Å². The van der Waals surface area contributed by atoms with E-state index in [-0.39, 0.29) is 0 Å². The fraction of sp³-hybridized carbons (Fsp3) is 0. The summed E-state index contributed by atoms with van der Waals surface area (Å²) in [5.74, 6) is 3.30. The summed E-state index contributed by atoms with van der Waals surface area (Å²) in [7, 11) is 0. The van der Waals surface area contributed by atoms with Gasteiger partial charge in [-0.15, -0.1) is 0 Å². The van der Waals surface area contributed by atoms with Crippen molar-refractivity contribution >= 4 is 182 Å². The number of aromatic amines is 6. The van der Waals surface area contributed by atoms with Crippen LogP contribution >= 0.6 is 0 Å². The van der Waals surface area contributed by atoms with Crippen LogP contribution in [0, 0.1) is 0 Å². The average Bonchev–Trinajstić information content (AvgIpc) is 1.31. The van der Waals surface area contributed by atoms with E-state index in [2.05, 4.69) is 59.8 Å². The van der Waals surface area contributed by atoms with Gasteiger partial charge in [0.15, 0.2) is 46.6 Å². The Kier molecular flexibility index (Phi) is 9.36. The molecule has 0 saturated carbocycles. The van der Waals surface area contributed by atoms with Gasteiger partial charge in [0.25, 0.3) is 0 Å². The van der Waals surface area contributed by atoms with E-state index in [9.17, 15) is 0 Å². The molecule has 0 atom stereocenters. The zero-order chi connectivity index (χ0) is 59.9. The van der Waals surface area contributed by atoms with Crippen molar-refractivity contribution < 1.29 is 0 Å². The van der Waals surface area contributed by atoms with Gasteiger partial charge < -0.3 is 29.9 Å². The number of rotatable bonds is 0. The standard InChI is InChI=1S/C64H30N28/c1-2-26-18-38-54-56(72-32-24-36-35(23-31(32)70-54)75-59-60(76-36)64-90-52-16-12-48(86-52)82-44-8-7-43(78-44)81-47-11-15-51(85-47)89-63(59)92-64)40(68-38)20-28-4-3-27(66-28)19-39-55-53(37(67-39)17-25(1)65-26)69-29-21-33-34(22-30(29)71-55)74-58-57(73-33)61-87-49-13-9-45(83-49)79-41-5-6-42(77-41)80-46-10-14-50(84-46)88-62(58)91-61/h1-24,67-68H,(H2,77,79,80,83,84,87,88,91)(H2,78,81,82,85,86,89,90,92). The first-order chi connectivity index (χ1) is 45.3. The molecule has 21 rings (SSSR count). The summed E-state index contributed by atoms with van der Waals surface area (Å²) in [6.45, 7) is 0. The van der Waals surface area contributed by atoms with Gasteiger partial charge >= 0.3 is 0 Å². The third-order valence-electron chi connectivity index (χ3n) is 16.0. The maximum Gasteiger partial charge on any atom is 0.184 e. The number of benzene rings is 2. The fourth-order valence-corrected chi connectivity index (χ4v) is 11.9. The van der Waals surface area contributed by atoms with Crippen LogP contribution in [0.15, 0.2) is 97.1 Å². The van der Waals surface area contributed by atoms with Crippen molar-refractivity contribution in [2.45, 2.75) is 0 Å². The lowest BCUT2D eigenvalue weighted by atomic mass is 10.2. The molecule has 13 aromatic heterocycles. The molecule has 2 aromatic carbocycles. The van der Waals surface area contributed by atoms with Crippen molar-refractivity contribution in [3.05, 3.63) is 143 Å². The Hall–Kier alpha value is -13.9. The van der Waals surface area contributed by atoms with Gasteiger partial charge in [-0.05, 0) is 146 Å². The first-order valence-corrected chi connectivity index (χ1v) is 28.7. The summed E-state index contributed by atoms with van der Waals surface area (Å²) in [5.41, 5.74) is 18.7. The molecule has 19 heterocycles. The summed E-state index contributed by atoms with van der Waals surface area (Å²) in [4.78, 5) is 129. The van der Waals surface area contributed by atoms with Gasteiger partial charge in [0.2, 0.25) is 0 Å². The second-order valence-electron chi connectivity index (χ2n) is 22.1. The highest BCUT2D eigenvalue weighted by Crippen LogP contribution is 2.37. The summed E-state index contributed by atoms with van der Waals surface area (Å²) < 4.78 is 0. The minimum absolute atomic E-state index is 0.322. The monoisotopic (exact) mass is 1190 g/mol. The van der Waals surface area contributed by atoms with Crippen LogP contribution in [0.25, 0.3) is 228 Å². The van der Waals surface area contributed by atoms with E-state index in [1.807, 2.05) is 121 Å². The fourth-order valence-electron chi connectivity index (χ4n) is 11.9. The van der Waals surface area contributed by atoms with Gasteiger partial charge in [-0.2, -0.15) is 0 Å². The molecule has 0 fully saturated rings. The van der Waals surface area contributed by atoms with Crippen LogP contribution in [0.4, 0.5) is 0 Å². The van der Waals surface area contributed by atoms with Crippen molar-refractivity contribution in [1.82, 2.24) is 140 Å². The minimum Gasteiger partial charge on any atom is -0.352 e. The molecule has 6 N–H and O–H groups in total. The molecule has 92 heavy (non-hydrogen) atoms. The number of nitrogens with zero attached hydrogens (tertiary/aromatic N) is 22. The average molecular weight is 1190 g/mol. The molecule has 15 aromatic rings. The van der Waals surface area contributed by atoms with Crippen LogP contribution in [0.1, 0.15) is 46.1 Å². The van der Waals surface area contributed by atoms with Gasteiger partial charge in [-0.1, -0.05) is 0 Å². The SMILES string of the molecule is C1=Cc2cc3[nH]c(cc4nc(cc5[nH]c(cc1n2)c1nc2cc6nc7c(nc6cc2nc51)-c1nc-7nc2ccc(nc5nc(nc6ccc(n1)[nH]6)C=C5)[nH]2)C=C4)c1nc2cc4nc5c(nc4cc2nc31)-c1nc-5nc2ccc(nc3nc(nc4ccc(n1)[nH]4)C=C3)[nH]2. The largest absolute Gasteiger partial charge is 0.352 e. The lowest BCUT2D eigenvalue weighted by Gasteiger charge is -2.04. The Labute approximate surface area is 508 Å². The van der Waals surface area contributed by atoms with Crippen LogP contribution in [0.2, 0.25) is 0 Å². The maximum atomic E-state index is 5.27. The molecule has 0 spiro atoms. The Bertz CT molecular complexity index is 5900. The van der Waals surface area contributed by atoms with Gasteiger partial charge in [-0.25, -0.2) is 110 Å². The van der Waals surface area contributed by atoms with Crippen LogP contribution < -0.4 is 0 Å². The summed E-state index contributed by atoms with van der Waals surface area (Å²) in [6.07, 6.45) is 15.0. The molecule has 6 aliphatic rings. The second-order valence-corrected chi connectivity index (χ2v) is 22.1. The normalized spacial score (nSPS) is 13.0. The number of nitrogens with one attached hydrogen (secondary N) is 6. The quantitative estimate of drug-likeness (QED) is 0.0768. The van der Waals surface area contributed by atoms with E-state index in [1.165, 1.54) is 0 Å². The maximum absolute atomic E-state index is 5.27. The van der Waals surface area contributed by atoms with E-state index < -0.39 is 0 Å². The van der Waals surface area contributed by atoms with Crippen molar-refractivity contribution in [3.8, 4) is 46.1 Å². The Balaban J connectivity index is 0.705. The highest BCUT2D eigenvalue weighted by atomic mass is 15.1. The van der Waals surface area contributed by atoms with Crippen molar-refractivity contribution in [2.75, 3.05) is 0 Å². The van der Waals surface area contributed by atoms with Crippen LogP contribution in [-0.2, 0) is 0 Å². The first-order valence-electron chi connectivity index (χ1n) is 28.7. The first kappa shape index (κ1) is 48.2. The smallest absolute Gasteiger partial charge is 0.184 e. The zero-order valence-corrected chi connectivity index (χ0v) is 46.7. The number of fused-ring (bicyclic) bond motifs is 40. The molecule has 24 bridgehead atoms. The zero-order valence-electron chi connectivity index (χ0n) is 46.7. The summed E-state index contributed by atoms with van der Waals surface area (Å²) in [6, 6.07) is 29.9. The molecule has 28 nitrogen and oxygen atoms in total. The Morgan fingerprint density at radius 1 is 0.185 bits per heavy atom. The van der Waals surface area contributed by atoms with Crippen LogP contribution in [-0.4, -0.2) is 140 Å². The minimum atomic E-state index is 0.322. The molecule has 0 radical (unpaired) electrons. The van der Waals surface area contributed by atoms with Gasteiger partial charge in [-0.3, -0.25) is 0 Å². The summed E-state index contributed by atoms with van der Waals surface area (Å²) in [5, 5.41) is 0. The topological polar surface area (TPSA) is 378 Å². The molecule has 6 aliphatic heterocycles. The van der Waals surface area contributed by atoms with E-state index in [4.69, 9.17) is 79.7 Å². The van der Waals surface area contributed by atoms with Crippen LogP contribution in [0.5, 0.6) is 0 Å².